The summed E-state index contributed by atoms with van der Waals surface area (Å²) in [6, 6.07) is 13.3. The third-order valence-electron chi connectivity index (χ3n) is 2.84. The second-order valence-corrected chi connectivity index (χ2v) is 4.16. The standard InChI is InChI=1S/C16H16NO2/c18-12-11-17-10-2-1-3-16(17)9-8-14-4-6-15(13-19)7-5-14/h1-10,13,18H,11-12H2/q+1. The zero-order valence-corrected chi connectivity index (χ0v) is 10.6. The number of aromatic nitrogens is 1. The molecule has 0 saturated heterocycles. The van der Waals surface area contributed by atoms with E-state index >= 15 is 0 Å². The van der Waals surface area contributed by atoms with Crippen molar-refractivity contribution in [2.75, 3.05) is 6.61 Å². The second kappa shape index (κ2) is 6.61. The van der Waals surface area contributed by atoms with E-state index in [1.165, 1.54) is 0 Å². The Bertz CT molecular complexity index is 574. The van der Waals surface area contributed by atoms with Crippen molar-refractivity contribution in [3.8, 4) is 0 Å². The number of hydrogen-bond donors (Lipinski definition) is 1. The van der Waals surface area contributed by atoms with Gasteiger partial charge in [-0.3, -0.25) is 4.79 Å². The third kappa shape index (κ3) is 3.60. The van der Waals surface area contributed by atoms with E-state index in [9.17, 15) is 4.79 Å². The van der Waals surface area contributed by atoms with E-state index in [-0.39, 0.29) is 6.61 Å². The molecule has 0 spiro atoms. The lowest BCUT2D eigenvalue weighted by Gasteiger charge is -1.98. The topological polar surface area (TPSA) is 41.2 Å². The SMILES string of the molecule is O=Cc1ccc(C=Cc2cccc[n+]2CCO)cc1. The number of carbonyl (C=O) groups is 1. The van der Waals surface area contributed by atoms with E-state index in [1.54, 1.807) is 12.1 Å². The smallest absolute Gasteiger partial charge is 0.205 e. The maximum Gasteiger partial charge on any atom is 0.205 e. The largest absolute Gasteiger partial charge is 0.390 e. The summed E-state index contributed by atoms with van der Waals surface area (Å²) in [5.74, 6) is 0. The Labute approximate surface area is 112 Å². The quantitative estimate of drug-likeness (QED) is 0.654. The van der Waals surface area contributed by atoms with Crippen molar-refractivity contribution in [1.29, 1.82) is 0 Å². The Morgan fingerprint density at radius 3 is 2.42 bits per heavy atom. The first-order chi connectivity index (χ1) is 9.33. The molecule has 3 heteroatoms. The second-order valence-electron chi connectivity index (χ2n) is 4.16. The molecular weight excluding hydrogens is 238 g/mol. The van der Waals surface area contributed by atoms with Crippen LogP contribution >= 0.6 is 0 Å². The van der Waals surface area contributed by atoms with Crippen molar-refractivity contribution in [1.82, 2.24) is 0 Å². The Morgan fingerprint density at radius 1 is 1.00 bits per heavy atom. The first-order valence-corrected chi connectivity index (χ1v) is 6.16. The average Bonchev–Trinajstić information content (AvgIpc) is 2.47. The van der Waals surface area contributed by atoms with Crippen LogP contribution in [0.25, 0.3) is 12.2 Å². The summed E-state index contributed by atoms with van der Waals surface area (Å²) in [5, 5.41) is 9.01. The van der Waals surface area contributed by atoms with Crippen LogP contribution in [0, 0.1) is 0 Å². The fraction of sp³-hybridized carbons (Fsp3) is 0.125. The van der Waals surface area contributed by atoms with Crippen molar-refractivity contribution in [2.45, 2.75) is 6.54 Å². The lowest BCUT2D eigenvalue weighted by Crippen LogP contribution is -2.38. The van der Waals surface area contributed by atoms with Crippen LogP contribution in [0.4, 0.5) is 0 Å². The molecule has 1 aromatic carbocycles. The highest BCUT2D eigenvalue weighted by molar-refractivity contribution is 5.76. The minimum absolute atomic E-state index is 0.115. The highest BCUT2D eigenvalue weighted by Crippen LogP contribution is 2.07. The van der Waals surface area contributed by atoms with Gasteiger partial charge < -0.3 is 5.11 Å². The van der Waals surface area contributed by atoms with Crippen LogP contribution in [0.3, 0.4) is 0 Å². The minimum atomic E-state index is 0.115. The molecule has 3 nitrogen and oxygen atoms in total. The number of rotatable bonds is 5. The number of pyridine rings is 1. The van der Waals surface area contributed by atoms with E-state index < -0.39 is 0 Å². The first-order valence-electron chi connectivity index (χ1n) is 6.16. The summed E-state index contributed by atoms with van der Waals surface area (Å²) in [4.78, 5) is 10.6. The van der Waals surface area contributed by atoms with Gasteiger partial charge in [0.05, 0.1) is 0 Å². The molecule has 0 aliphatic heterocycles. The summed E-state index contributed by atoms with van der Waals surface area (Å²) in [7, 11) is 0. The molecular formula is C16H16NO2+. The number of benzene rings is 1. The maximum atomic E-state index is 10.6. The molecule has 0 amide bonds. The molecule has 0 unspecified atom stereocenters. The number of aliphatic hydroxyl groups is 1. The summed E-state index contributed by atoms with van der Waals surface area (Å²) in [6.07, 6.45) is 6.74. The fourth-order valence-corrected chi connectivity index (χ4v) is 1.82. The molecule has 0 bridgehead atoms. The van der Waals surface area contributed by atoms with Gasteiger partial charge in [0.15, 0.2) is 12.7 Å². The molecule has 0 aliphatic carbocycles. The normalized spacial score (nSPS) is 10.8. The van der Waals surface area contributed by atoms with E-state index in [1.807, 2.05) is 53.2 Å². The van der Waals surface area contributed by atoms with E-state index in [0.717, 1.165) is 17.5 Å². The van der Waals surface area contributed by atoms with Crippen LogP contribution in [0.2, 0.25) is 0 Å². The molecule has 96 valence electrons. The number of carbonyl (C=O) groups excluding carboxylic acids is 1. The average molecular weight is 254 g/mol. The lowest BCUT2D eigenvalue weighted by molar-refractivity contribution is -0.699. The summed E-state index contributed by atoms with van der Waals surface area (Å²) < 4.78 is 1.98. The van der Waals surface area contributed by atoms with Gasteiger partial charge >= 0.3 is 0 Å². The van der Waals surface area contributed by atoms with Crippen molar-refractivity contribution in [3.63, 3.8) is 0 Å². The number of nitrogens with zero attached hydrogens (tertiary/aromatic N) is 1. The summed E-state index contributed by atoms with van der Waals surface area (Å²) in [6.45, 7) is 0.689. The first kappa shape index (κ1) is 13.2. The molecule has 1 N–H and O–H groups in total. The van der Waals surface area contributed by atoms with Gasteiger partial charge in [-0.1, -0.05) is 24.3 Å². The van der Waals surface area contributed by atoms with Gasteiger partial charge in [0, 0.05) is 23.8 Å². The molecule has 0 aliphatic rings. The molecule has 0 atom stereocenters. The molecule has 0 fully saturated rings. The van der Waals surface area contributed by atoms with E-state index in [4.69, 9.17) is 5.11 Å². The third-order valence-corrected chi connectivity index (χ3v) is 2.84. The number of aldehydes is 1. The van der Waals surface area contributed by atoms with Gasteiger partial charge in [-0.05, 0) is 17.7 Å². The van der Waals surface area contributed by atoms with Crippen LogP contribution in [0.5, 0.6) is 0 Å². The molecule has 2 rings (SSSR count). The van der Waals surface area contributed by atoms with Gasteiger partial charge in [0.25, 0.3) is 0 Å². The Balaban J connectivity index is 2.19. The van der Waals surface area contributed by atoms with Crippen molar-refractivity contribution in [3.05, 3.63) is 65.5 Å². The molecule has 0 radical (unpaired) electrons. The van der Waals surface area contributed by atoms with E-state index in [0.29, 0.717) is 12.1 Å². The van der Waals surface area contributed by atoms with Crippen LogP contribution < -0.4 is 4.57 Å². The fourth-order valence-electron chi connectivity index (χ4n) is 1.82. The zero-order chi connectivity index (χ0) is 13.5. The highest BCUT2D eigenvalue weighted by atomic mass is 16.3. The van der Waals surface area contributed by atoms with Crippen molar-refractivity contribution in [2.24, 2.45) is 0 Å². The molecule has 1 heterocycles. The van der Waals surface area contributed by atoms with Gasteiger partial charge in [-0.15, -0.1) is 0 Å². The highest BCUT2D eigenvalue weighted by Gasteiger charge is 2.04. The van der Waals surface area contributed by atoms with Crippen molar-refractivity contribution >= 4 is 18.4 Å². The number of hydrogen-bond acceptors (Lipinski definition) is 2. The zero-order valence-electron chi connectivity index (χ0n) is 10.6. The number of aliphatic hydroxyl groups excluding tert-OH is 1. The minimum Gasteiger partial charge on any atom is -0.390 e. The Morgan fingerprint density at radius 2 is 1.74 bits per heavy atom. The molecule has 19 heavy (non-hydrogen) atoms. The molecule has 2 aromatic rings. The van der Waals surface area contributed by atoms with Gasteiger partial charge in [0.2, 0.25) is 5.69 Å². The van der Waals surface area contributed by atoms with E-state index in [2.05, 4.69) is 0 Å². The molecule has 0 saturated carbocycles. The van der Waals surface area contributed by atoms with Gasteiger partial charge in [-0.2, -0.15) is 4.57 Å². The maximum absolute atomic E-state index is 10.6. The molecule has 1 aromatic heterocycles. The predicted octanol–water partition coefficient (Wildman–Crippen LogP) is 1.95. The summed E-state index contributed by atoms with van der Waals surface area (Å²) in [5.41, 5.74) is 2.73. The Kier molecular flexibility index (Phi) is 4.59. The monoisotopic (exact) mass is 254 g/mol. The van der Waals surface area contributed by atoms with Gasteiger partial charge in [-0.25, -0.2) is 0 Å². The van der Waals surface area contributed by atoms with Crippen LogP contribution in [0.1, 0.15) is 21.6 Å². The van der Waals surface area contributed by atoms with Crippen LogP contribution in [-0.4, -0.2) is 18.0 Å². The van der Waals surface area contributed by atoms with Crippen molar-refractivity contribution < 1.29 is 14.5 Å². The van der Waals surface area contributed by atoms with Crippen LogP contribution in [-0.2, 0) is 6.54 Å². The lowest BCUT2D eigenvalue weighted by atomic mass is 10.1. The van der Waals surface area contributed by atoms with Gasteiger partial charge in [0.1, 0.15) is 12.9 Å². The van der Waals surface area contributed by atoms with Crippen LogP contribution in [0.15, 0.2) is 48.7 Å². The predicted molar refractivity (Wildman–Crippen MR) is 74.5 cm³/mol. The summed E-state index contributed by atoms with van der Waals surface area (Å²) >= 11 is 0. The Hall–Kier alpha value is -2.26.